The zero-order valence-corrected chi connectivity index (χ0v) is 8.95. The van der Waals surface area contributed by atoms with Gasteiger partial charge >= 0.3 is 11.7 Å². The van der Waals surface area contributed by atoms with Gasteiger partial charge in [0.05, 0.1) is 17.2 Å². The summed E-state index contributed by atoms with van der Waals surface area (Å²) >= 11 is 0. The third-order valence-corrected chi connectivity index (χ3v) is 2.15. The van der Waals surface area contributed by atoms with Gasteiger partial charge in [-0.25, -0.2) is 18.3 Å². The standard InChI is InChI=1S/C9H4F2N4O4/c10-4-1-5(11)8(7(2-4)15(18)19)14-3-6(9(16)17)12-13-14/h1-3H,(H,16,17). The van der Waals surface area contributed by atoms with E-state index in [1.54, 1.807) is 0 Å². The fraction of sp³-hybridized carbons (Fsp3) is 0. The quantitative estimate of drug-likeness (QED) is 0.661. The number of hydrogen-bond acceptors (Lipinski definition) is 5. The van der Waals surface area contributed by atoms with Crippen LogP contribution in [-0.2, 0) is 0 Å². The Morgan fingerprint density at radius 3 is 2.63 bits per heavy atom. The Balaban J connectivity index is 2.66. The van der Waals surface area contributed by atoms with Crippen molar-refractivity contribution in [2.45, 2.75) is 0 Å². The average molecular weight is 270 g/mol. The number of carboxylic acid groups (broad SMARTS) is 1. The van der Waals surface area contributed by atoms with Crippen LogP contribution < -0.4 is 0 Å². The molecule has 0 bridgehead atoms. The summed E-state index contributed by atoms with van der Waals surface area (Å²) in [5.41, 5.74) is -2.11. The first-order valence-electron chi connectivity index (χ1n) is 4.69. The second kappa shape index (κ2) is 4.40. The second-order valence-corrected chi connectivity index (χ2v) is 3.37. The number of carboxylic acids is 1. The number of nitro benzene ring substituents is 1. The number of halogens is 2. The van der Waals surface area contributed by atoms with Gasteiger partial charge in [-0.05, 0) is 0 Å². The summed E-state index contributed by atoms with van der Waals surface area (Å²) in [6.45, 7) is 0. The van der Waals surface area contributed by atoms with E-state index in [4.69, 9.17) is 5.11 Å². The highest BCUT2D eigenvalue weighted by Crippen LogP contribution is 2.26. The smallest absolute Gasteiger partial charge is 0.358 e. The van der Waals surface area contributed by atoms with E-state index in [1.807, 2.05) is 0 Å². The summed E-state index contributed by atoms with van der Waals surface area (Å²) in [6.07, 6.45) is 0.783. The zero-order chi connectivity index (χ0) is 14.2. The fourth-order valence-electron chi connectivity index (χ4n) is 1.39. The maximum Gasteiger partial charge on any atom is 0.358 e. The molecule has 0 radical (unpaired) electrons. The first kappa shape index (κ1) is 12.5. The third-order valence-electron chi connectivity index (χ3n) is 2.15. The van der Waals surface area contributed by atoms with Gasteiger partial charge in [0.15, 0.2) is 17.2 Å². The van der Waals surface area contributed by atoms with Crippen LogP contribution in [0.4, 0.5) is 14.5 Å². The summed E-state index contributed by atoms with van der Waals surface area (Å²) in [5, 5.41) is 25.8. The van der Waals surface area contributed by atoms with Gasteiger partial charge in [0.1, 0.15) is 5.82 Å². The maximum absolute atomic E-state index is 13.6. The van der Waals surface area contributed by atoms with Gasteiger partial charge < -0.3 is 5.11 Å². The van der Waals surface area contributed by atoms with E-state index in [0.717, 1.165) is 6.20 Å². The summed E-state index contributed by atoms with van der Waals surface area (Å²) in [6, 6.07) is 0.922. The molecular formula is C9H4F2N4O4. The number of nitrogens with zero attached hydrogens (tertiary/aromatic N) is 4. The summed E-state index contributed by atoms with van der Waals surface area (Å²) in [7, 11) is 0. The lowest BCUT2D eigenvalue weighted by molar-refractivity contribution is -0.385. The number of aromatic carboxylic acids is 1. The first-order chi connectivity index (χ1) is 8.90. The highest BCUT2D eigenvalue weighted by molar-refractivity contribution is 5.84. The van der Waals surface area contributed by atoms with Crippen molar-refractivity contribution < 1.29 is 23.6 Å². The lowest BCUT2D eigenvalue weighted by Crippen LogP contribution is -2.05. The number of rotatable bonds is 3. The molecule has 1 aromatic heterocycles. The van der Waals surface area contributed by atoms with E-state index in [0.29, 0.717) is 16.8 Å². The average Bonchev–Trinajstić information content (AvgIpc) is 2.76. The molecule has 2 rings (SSSR count). The molecule has 1 N–H and O–H groups in total. The SMILES string of the molecule is O=C(O)c1cn(-c2c(F)cc(F)cc2[N+](=O)[O-])nn1. The van der Waals surface area contributed by atoms with E-state index in [2.05, 4.69) is 10.3 Å². The monoisotopic (exact) mass is 270 g/mol. The normalized spacial score (nSPS) is 10.4. The van der Waals surface area contributed by atoms with Gasteiger partial charge in [-0.3, -0.25) is 10.1 Å². The van der Waals surface area contributed by atoms with E-state index in [9.17, 15) is 23.7 Å². The molecule has 19 heavy (non-hydrogen) atoms. The number of aromatic nitrogens is 3. The largest absolute Gasteiger partial charge is 0.476 e. The van der Waals surface area contributed by atoms with Crippen LogP contribution in [0, 0.1) is 21.7 Å². The molecule has 0 aliphatic rings. The predicted octanol–water partition coefficient (Wildman–Crippen LogP) is 1.15. The molecule has 0 aliphatic carbocycles. The molecule has 0 unspecified atom stereocenters. The molecule has 0 atom stereocenters. The van der Waals surface area contributed by atoms with Crippen LogP contribution in [0.1, 0.15) is 10.5 Å². The molecule has 98 valence electrons. The molecular weight excluding hydrogens is 266 g/mol. The molecule has 0 fully saturated rings. The molecule has 0 saturated heterocycles. The minimum Gasteiger partial charge on any atom is -0.476 e. The zero-order valence-electron chi connectivity index (χ0n) is 8.95. The van der Waals surface area contributed by atoms with Gasteiger partial charge in [-0.2, -0.15) is 0 Å². The van der Waals surface area contributed by atoms with Crippen molar-refractivity contribution in [1.29, 1.82) is 0 Å². The molecule has 0 aliphatic heterocycles. The molecule has 1 heterocycles. The Morgan fingerprint density at radius 1 is 1.42 bits per heavy atom. The van der Waals surface area contributed by atoms with Crippen LogP contribution >= 0.6 is 0 Å². The Kier molecular flexibility index (Phi) is 2.91. The van der Waals surface area contributed by atoms with Crippen LogP contribution in [0.3, 0.4) is 0 Å². The molecule has 8 nitrogen and oxygen atoms in total. The van der Waals surface area contributed by atoms with E-state index in [1.165, 1.54) is 0 Å². The van der Waals surface area contributed by atoms with Crippen molar-refractivity contribution in [3.05, 3.63) is 45.8 Å². The molecule has 1 aromatic carbocycles. The van der Waals surface area contributed by atoms with Gasteiger partial charge in [-0.15, -0.1) is 5.10 Å². The van der Waals surface area contributed by atoms with Crippen molar-refractivity contribution in [3.8, 4) is 5.69 Å². The van der Waals surface area contributed by atoms with E-state index in [-0.39, 0.29) is 0 Å². The van der Waals surface area contributed by atoms with Crippen molar-refractivity contribution in [2.24, 2.45) is 0 Å². The van der Waals surface area contributed by atoms with Gasteiger partial charge in [-0.1, -0.05) is 5.21 Å². The summed E-state index contributed by atoms with van der Waals surface area (Å²) in [4.78, 5) is 20.3. The molecule has 0 saturated carbocycles. The predicted molar refractivity (Wildman–Crippen MR) is 54.9 cm³/mol. The second-order valence-electron chi connectivity index (χ2n) is 3.37. The van der Waals surface area contributed by atoms with E-state index >= 15 is 0 Å². The van der Waals surface area contributed by atoms with Crippen molar-refractivity contribution >= 4 is 11.7 Å². The summed E-state index contributed by atoms with van der Waals surface area (Å²) in [5.74, 6) is -3.82. The number of carbonyl (C=O) groups is 1. The Morgan fingerprint density at radius 2 is 2.11 bits per heavy atom. The Hall–Kier alpha value is -2.91. The molecule has 10 heteroatoms. The third kappa shape index (κ3) is 2.22. The highest BCUT2D eigenvalue weighted by Gasteiger charge is 2.24. The van der Waals surface area contributed by atoms with Crippen molar-refractivity contribution in [1.82, 2.24) is 15.0 Å². The van der Waals surface area contributed by atoms with Crippen LogP contribution in [0.5, 0.6) is 0 Å². The van der Waals surface area contributed by atoms with Gasteiger partial charge in [0.25, 0.3) is 0 Å². The first-order valence-corrected chi connectivity index (χ1v) is 4.69. The molecule has 2 aromatic rings. The van der Waals surface area contributed by atoms with Crippen LogP contribution in [0.2, 0.25) is 0 Å². The fourth-order valence-corrected chi connectivity index (χ4v) is 1.39. The number of nitro groups is 1. The van der Waals surface area contributed by atoms with Crippen molar-refractivity contribution in [3.63, 3.8) is 0 Å². The maximum atomic E-state index is 13.6. The number of benzene rings is 1. The van der Waals surface area contributed by atoms with E-state index < -0.39 is 39.6 Å². The van der Waals surface area contributed by atoms with Gasteiger partial charge in [0, 0.05) is 6.07 Å². The highest BCUT2D eigenvalue weighted by atomic mass is 19.1. The molecule has 0 spiro atoms. The number of hydrogen-bond donors (Lipinski definition) is 1. The topological polar surface area (TPSA) is 111 Å². The molecule has 0 amide bonds. The van der Waals surface area contributed by atoms with Gasteiger partial charge in [0.2, 0.25) is 0 Å². The van der Waals surface area contributed by atoms with Crippen LogP contribution in [-0.4, -0.2) is 31.0 Å². The lowest BCUT2D eigenvalue weighted by atomic mass is 10.2. The minimum atomic E-state index is -1.43. The van der Waals surface area contributed by atoms with Crippen LogP contribution in [0.15, 0.2) is 18.3 Å². The Bertz CT molecular complexity index is 685. The Labute approximate surface area is 103 Å². The minimum absolute atomic E-state index is 0.421. The van der Waals surface area contributed by atoms with Crippen LogP contribution in [0.25, 0.3) is 5.69 Å². The lowest BCUT2D eigenvalue weighted by Gasteiger charge is -2.03. The summed E-state index contributed by atoms with van der Waals surface area (Å²) < 4.78 is 27.1. The van der Waals surface area contributed by atoms with Crippen molar-refractivity contribution in [2.75, 3.05) is 0 Å².